The van der Waals surface area contributed by atoms with Gasteiger partial charge in [-0.25, -0.2) is 4.79 Å². The first-order valence-electron chi connectivity index (χ1n) is 20.9. The molecule has 4 saturated heterocycles. The molecular formula is C44H58O13. The molecule has 312 valence electrons. The lowest BCUT2D eigenvalue weighted by Gasteiger charge is -2.74. The smallest absolute Gasteiger partial charge is 0.331 e. The summed E-state index contributed by atoms with van der Waals surface area (Å²) in [6, 6.07) is 9.04. The van der Waals surface area contributed by atoms with Crippen molar-refractivity contribution in [3.63, 3.8) is 0 Å². The summed E-state index contributed by atoms with van der Waals surface area (Å²) in [5.41, 5.74) is -8.82. The van der Waals surface area contributed by atoms with E-state index in [9.17, 15) is 35.1 Å². The monoisotopic (exact) mass is 794 g/mol. The van der Waals surface area contributed by atoms with Gasteiger partial charge in [-0.2, -0.15) is 0 Å². The summed E-state index contributed by atoms with van der Waals surface area (Å²) in [6.45, 7) is 10.6. The molecule has 5 heterocycles. The number of carbonyl (C=O) groups is 2. The van der Waals surface area contributed by atoms with Crippen molar-refractivity contribution in [2.45, 2.75) is 144 Å². The largest absolute Gasteiger partial charge is 0.458 e. The first kappa shape index (κ1) is 39.7. The van der Waals surface area contributed by atoms with Crippen LogP contribution in [-0.4, -0.2) is 109 Å². The van der Waals surface area contributed by atoms with Crippen molar-refractivity contribution >= 4 is 11.9 Å². The maximum Gasteiger partial charge on any atom is 0.331 e. The summed E-state index contributed by atoms with van der Waals surface area (Å²) < 4.78 is 39.5. The van der Waals surface area contributed by atoms with Crippen LogP contribution in [0.1, 0.15) is 79.2 Å². The number of allylic oxidation sites excluding steroid dienone is 2. The fourth-order valence-corrected chi connectivity index (χ4v) is 13.0. The summed E-state index contributed by atoms with van der Waals surface area (Å²) in [6.07, 6.45) is 1.15. The highest BCUT2D eigenvalue weighted by Crippen LogP contribution is 2.75. The zero-order chi connectivity index (χ0) is 40.7. The highest BCUT2D eigenvalue weighted by molar-refractivity contribution is 5.82. The van der Waals surface area contributed by atoms with E-state index in [-0.39, 0.29) is 48.9 Å². The Hall–Kier alpha value is -2.72. The molecule has 9 aliphatic rings. The van der Waals surface area contributed by atoms with Gasteiger partial charge in [-0.3, -0.25) is 4.79 Å². The van der Waals surface area contributed by atoms with Crippen molar-refractivity contribution in [3.8, 4) is 0 Å². The molecule has 11 bridgehead atoms. The Morgan fingerprint density at radius 2 is 1.68 bits per heavy atom. The van der Waals surface area contributed by atoms with E-state index in [4.69, 9.17) is 28.4 Å². The Balaban J connectivity index is 1.22. The van der Waals surface area contributed by atoms with Crippen LogP contribution in [0, 0.1) is 47.3 Å². The molecule has 0 amide bonds. The van der Waals surface area contributed by atoms with Crippen LogP contribution in [0.4, 0.5) is 0 Å². The van der Waals surface area contributed by atoms with Gasteiger partial charge in [0.1, 0.15) is 53.4 Å². The minimum absolute atomic E-state index is 0.0620. The number of hydrogen-bond acceptors (Lipinski definition) is 13. The van der Waals surface area contributed by atoms with Crippen molar-refractivity contribution < 1.29 is 63.5 Å². The van der Waals surface area contributed by atoms with Crippen LogP contribution < -0.4 is 0 Å². The van der Waals surface area contributed by atoms with Gasteiger partial charge in [-0.1, -0.05) is 77.1 Å². The van der Waals surface area contributed by atoms with E-state index in [1.54, 1.807) is 31.2 Å². The Morgan fingerprint density at radius 1 is 0.965 bits per heavy atom. The second-order valence-electron chi connectivity index (χ2n) is 19.3. The van der Waals surface area contributed by atoms with Crippen molar-refractivity contribution in [3.05, 3.63) is 60.2 Å². The third kappa shape index (κ3) is 5.26. The van der Waals surface area contributed by atoms with Gasteiger partial charge in [0.05, 0.1) is 17.8 Å². The van der Waals surface area contributed by atoms with Gasteiger partial charge in [-0.05, 0) is 62.4 Å². The molecule has 4 saturated carbocycles. The molecule has 1 aromatic rings. The molecule has 5 aliphatic heterocycles. The van der Waals surface area contributed by atoms with E-state index in [0.29, 0.717) is 18.4 Å². The molecule has 13 nitrogen and oxygen atoms in total. The van der Waals surface area contributed by atoms with E-state index in [1.807, 2.05) is 45.9 Å². The summed E-state index contributed by atoms with van der Waals surface area (Å²) in [5.74, 6) is -6.33. The van der Waals surface area contributed by atoms with Crippen LogP contribution in [-0.2, 0) is 44.0 Å². The average Bonchev–Trinajstić information content (AvgIpc) is 3.72. The Labute approximate surface area is 333 Å². The standard InChI is InChI=1S/C44H58O13/c1-22(2)18-32(47)52-29-14-10-11-15-31(46)53-34-23(3)19-30-41(34,50)38(48)40(21-45)36(54-40)33-37-43(51,39(6,49)20-26-16-17-28(29)24(26)4)35-25(5)42(30,33)57-44(55-35,56-37)27-12-8-7-9-13-27/h7-15,22-26,28-30,33-38,45,48-51H,16-21H2,1-6H3/b14-10-,15-11-/t23-,24-,25+,26+,28-,29-,30+,33?,34-,35-,36-,37+,38+,39+,40-,41+,42-,43-,44-/m0/s1. The molecule has 19 atom stereocenters. The molecule has 0 radical (unpaired) electrons. The highest BCUT2D eigenvalue weighted by atomic mass is 16.9. The van der Waals surface area contributed by atoms with E-state index in [1.165, 1.54) is 12.2 Å². The zero-order valence-corrected chi connectivity index (χ0v) is 33.5. The summed E-state index contributed by atoms with van der Waals surface area (Å²) in [5, 5.41) is 63.3. The number of aliphatic hydroxyl groups excluding tert-OH is 2. The number of rotatable bonds is 5. The average molecular weight is 795 g/mol. The minimum Gasteiger partial charge on any atom is -0.458 e. The Bertz CT molecular complexity index is 1830. The minimum atomic E-state index is -2.21. The molecule has 8 fully saturated rings. The number of esters is 2. The second kappa shape index (κ2) is 13.1. The highest BCUT2D eigenvalue weighted by Gasteiger charge is 2.91. The normalized spacial score (nSPS) is 54.4. The molecule has 0 aromatic heterocycles. The maximum atomic E-state index is 13.7. The van der Waals surface area contributed by atoms with Crippen LogP contribution >= 0.6 is 0 Å². The fourth-order valence-electron chi connectivity index (χ4n) is 13.0. The van der Waals surface area contributed by atoms with Gasteiger partial charge >= 0.3 is 17.9 Å². The van der Waals surface area contributed by atoms with Crippen LogP contribution in [0.15, 0.2) is 54.6 Å². The first-order valence-corrected chi connectivity index (χ1v) is 20.9. The maximum absolute atomic E-state index is 13.7. The molecule has 10 rings (SSSR count). The number of epoxide rings is 1. The van der Waals surface area contributed by atoms with Gasteiger partial charge < -0.3 is 54.0 Å². The third-order valence-electron chi connectivity index (χ3n) is 15.8. The zero-order valence-electron chi connectivity index (χ0n) is 33.5. The molecule has 4 aliphatic carbocycles. The van der Waals surface area contributed by atoms with E-state index in [0.717, 1.165) is 0 Å². The number of carbonyl (C=O) groups excluding carboxylic acids is 2. The van der Waals surface area contributed by atoms with Crippen LogP contribution in [0.25, 0.3) is 0 Å². The second-order valence-corrected chi connectivity index (χ2v) is 19.3. The van der Waals surface area contributed by atoms with Gasteiger partial charge in [0.2, 0.25) is 0 Å². The quantitative estimate of drug-likeness (QED) is 0.216. The molecule has 1 unspecified atom stereocenters. The van der Waals surface area contributed by atoms with Crippen molar-refractivity contribution in [2.75, 3.05) is 6.61 Å². The lowest BCUT2D eigenvalue weighted by molar-refractivity contribution is -0.595. The molecule has 13 heteroatoms. The summed E-state index contributed by atoms with van der Waals surface area (Å²) >= 11 is 0. The van der Waals surface area contributed by atoms with Crippen LogP contribution in [0.5, 0.6) is 0 Å². The number of aliphatic hydroxyl groups is 5. The lowest BCUT2D eigenvalue weighted by atomic mass is 9.49. The fraction of sp³-hybridized carbons (Fsp3) is 0.727. The Kier molecular flexibility index (Phi) is 9.16. The van der Waals surface area contributed by atoms with Gasteiger partial charge in [-0.15, -0.1) is 0 Å². The predicted molar refractivity (Wildman–Crippen MR) is 200 cm³/mol. The first-order chi connectivity index (χ1) is 26.9. The molecule has 1 spiro atoms. The third-order valence-corrected chi connectivity index (χ3v) is 15.8. The predicted octanol–water partition coefficient (Wildman–Crippen LogP) is 3.04. The van der Waals surface area contributed by atoms with E-state index < -0.39 is 107 Å². The number of hydrogen-bond donors (Lipinski definition) is 5. The van der Waals surface area contributed by atoms with Gasteiger partial charge in [0.25, 0.3) is 0 Å². The summed E-state index contributed by atoms with van der Waals surface area (Å²) in [4.78, 5) is 26.7. The number of ether oxygens (including phenoxy) is 6. The number of fused-ring (bicyclic) bond motifs is 3. The molecule has 1 aromatic carbocycles. The summed E-state index contributed by atoms with van der Waals surface area (Å²) in [7, 11) is 0. The molecular weight excluding hydrogens is 736 g/mol. The van der Waals surface area contributed by atoms with Gasteiger partial charge in [0, 0.05) is 41.7 Å². The molecule has 5 N–H and O–H groups in total. The number of benzene rings is 1. The van der Waals surface area contributed by atoms with Crippen LogP contribution in [0.3, 0.4) is 0 Å². The Morgan fingerprint density at radius 3 is 2.39 bits per heavy atom. The molecule has 57 heavy (non-hydrogen) atoms. The van der Waals surface area contributed by atoms with Crippen LogP contribution in [0.2, 0.25) is 0 Å². The van der Waals surface area contributed by atoms with E-state index >= 15 is 0 Å². The SMILES string of the molecule is CC(C)CC(=O)O[C@H]1/C=C\C=C/C(=O)O[C@H]2[C@@H](C)C[C@H]3[C@]45O[C@]6(c7ccccc7)O[C@H](C4[C@@H]4O[C@]4(CO)[C@@H](O)[C@]23O)[C@@](O)([C@@H](O6)[C@H]5C)[C@](C)(O)C[C@H]2CC[C@H]1[C@H]2C. The van der Waals surface area contributed by atoms with E-state index in [2.05, 4.69) is 6.92 Å². The van der Waals surface area contributed by atoms with Crippen molar-refractivity contribution in [1.82, 2.24) is 0 Å². The van der Waals surface area contributed by atoms with Gasteiger partial charge in [0.15, 0.2) is 0 Å². The van der Waals surface area contributed by atoms with Crippen molar-refractivity contribution in [2.24, 2.45) is 47.3 Å². The lowest BCUT2D eigenvalue weighted by Crippen LogP contribution is -2.89. The topological polar surface area (TPSA) is 194 Å². The van der Waals surface area contributed by atoms with Crippen molar-refractivity contribution in [1.29, 1.82) is 0 Å².